The van der Waals surface area contributed by atoms with E-state index in [0.29, 0.717) is 16.6 Å². The molecule has 1 aliphatic carbocycles. The van der Waals surface area contributed by atoms with Crippen molar-refractivity contribution in [2.24, 2.45) is 5.92 Å². The number of carbonyl (C=O) groups excluding carboxylic acids is 2. The van der Waals surface area contributed by atoms with E-state index in [-0.39, 0.29) is 23.9 Å². The minimum Gasteiger partial charge on any atom is -0.334 e. The molecule has 0 unspecified atom stereocenters. The third kappa shape index (κ3) is 5.62. The van der Waals surface area contributed by atoms with Crippen LogP contribution in [0.15, 0.2) is 42.5 Å². The Morgan fingerprint density at radius 3 is 2.59 bits per heavy atom. The van der Waals surface area contributed by atoms with Gasteiger partial charge in [0.1, 0.15) is 0 Å². The maximum atomic E-state index is 12.2. The minimum absolute atomic E-state index is 0.0632. The topological polar surface area (TPSA) is 70.2 Å². The molecule has 0 aromatic heterocycles. The van der Waals surface area contributed by atoms with Crippen molar-refractivity contribution in [2.45, 2.75) is 32.4 Å². The van der Waals surface area contributed by atoms with Crippen LogP contribution >= 0.6 is 23.2 Å². The fourth-order valence-electron chi connectivity index (χ4n) is 2.64. The molecule has 0 bridgehead atoms. The van der Waals surface area contributed by atoms with Crippen LogP contribution in [-0.4, -0.2) is 11.9 Å². The largest absolute Gasteiger partial charge is 0.334 e. The number of carbonyl (C=O) groups is 2. The highest BCUT2D eigenvalue weighted by atomic mass is 35.5. The minimum atomic E-state index is -0.291. The molecule has 0 saturated heterocycles. The SMILES string of the molecule is C[C@H](NC(=O)NCc1cccc(NC(=O)C2CC2)c1)c1ccc(Cl)c(Cl)c1. The molecule has 0 radical (unpaired) electrons. The van der Waals surface area contributed by atoms with E-state index in [9.17, 15) is 9.59 Å². The summed E-state index contributed by atoms with van der Waals surface area (Å²) in [5, 5.41) is 9.52. The number of rotatable bonds is 6. The maximum absolute atomic E-state index is 12.2. The molecule has 142 valence electrons. The Hall–Kier alpha value is -2.24. The van der Waals surface area contributed by atoms with Crippen molar-refractivity contribution >= 4 is 40.8 Å². The summed E-state index contributed by atoms with van der Waals surface area (Å²) in [6.45, 7) is 2.22. The highest BCUT2D eigenvalue weighted by Gasteiger charge is 2.29. The first-order chi connectivity index (χ1) is 12.9. The van der Waals surface area contributed by atoms with Crippen LogP contribution in [0, 0.1) is 5.92 Å². The zero-order valence-corrected chi connectivity index (χ0v) is 16.4. The summed E-state index contributed by atoms with van der Waals surface area (Å²) in [6, 6.07) is 12.2. The molecule has 7 heteroatoms. The van der Waals surface area contributed by atoms with Gasteiger partial charge in [-0.25, -0.2) is 4.79 Å². The average Bonchev–Trinajstić information content (AvgIpc) is 3.48. The van der Waals surface area contributed by atoms with Crippen molar-refractivity contribution in [3.63, 3.8) is 0 Å². The Kier molecular flexibility index (Phi) is 6.24. The van der Waals surface area contributed by atoms with Gasteiger partial charge in [-0.1, -0.05) is 41.4 Å². The van der Waals surface area contributed by atoms with E-state index in [1.807, 2.05) is 37.3 Å². The molecule has 1 saturated carbocycles. The van der Waals surface area contributed by atoms with Crippen molar-refractivity contribution in [1.82, 2.24) is 10.6 Å². The lowest BCUT2D eigenvalue weighted by Crippen LogP contribution is -2.36. The lowest BCUT2D eigenvalue weighted by molar-refractivity contribution is -0.117. The molecule has 3 amide bonds. The third-order valence-corrected chi connectivity index (χ3v) is 5.13. The fraction of sp³-hybridized carbons (Fsp3) is 0.300. The number of hydrogen-bond acceptors (Lipinski definition) is 2. The van der Waals surface area contributed by atoms with E-state index < -0.39 is 0 Å². The van der Waals surface area contributed by atoms with Crippen molar-refractivity contribution in [3.05, 3.63) is 63.6 Å². The predicted octanol–water partition coefficient (Wildman–Crippen LogP) is 4.90. The molecule has 27 heavy (non-hydrogen) atoms. The number of amides is 3. The number of halogens is 2. The Bertz CT molecular complexity index is 853. The van der Waals surface area contributed by atoms with Gasteiger partial charge in [0.05, 0.1) is 16.1 Å². The molecule has 3 rings (SSSR count). The highest BCUT2D eigenvalue weighted by molar-refractivity contribution is 6.42. The second-order valence-electron chi connectivity index (χ2n) is 6.69. The van der Waals surface area contributed by atoms with Crippen LogP contribution in [0.4, 0.5) is 10.5 Å². The number of benzene rings is 2. The average molecular weight is 406 g/mol. The van der Waals surface area contributed by atoms with E-state index >= 15 is 0 Å². The summed E-state index contributed by atoms with van der Waals surface area (Å²) < 4.78 is 0. The number of hydrogen-bond donors (Lipinski definition) is 3. The van der Waals surface area contributed by atoms with Gasteiger partial charge in [0.15, 0.2) is 0 Å². The van der Waals surface area contributed by atoms with Crippen LogP contribution in [-0.2, 0) is 11.3 Å². The summed E-state index contributed by atoms with van der Waals surface area (Å²) in [5.41, 5.74) is 2.51. The molecule has 1 fully saturated rings. The zero-order valence-electron chi connectivity index (χ0n) is 14.9. The van der Waals surface area contributed by atoms with Crippen molar-refractivity contribution in [1.29, 1.82) is 0 Å². The van der Waals surface area contributed by atoms with E-state index in [1.54, 1.807) is 12.1 Å². The van der Waals surface area contributed by atoms with Gasteiger partial charge in [0, 0.05) is 18.2 Å². The van der Waals surface area contributed by atoms with Gasteiger partial charge >= 0.3 is 6.03 Å². The monoisotopic (exact) mass is 405 g/mol. The van der Waals surface area contributed by atoms with Gasteiger partial charge in [-0.2, -0.15) is 0 Å². The molecular formula is C20H21Cl2N3O2. The molecule has 5 nitrogen and oxygen atoms in total. The van der Waals surface area contributed by atoms with Crippen LogP contribution < -0.4 is 16.0 Å². The lowest BCUT2D eigenvalue weighted by Gasteiger charge is -2.16. The highest BCUT2D eigenvalue weighted by Crippen LogP contribution is 2.30. The Morgan fingerprint density at radius 2 is 1.89 bits per heavy atom. The summed E-state index contributed by atoms with van der Waals surface area (Å²) in [7, 11) is 0. The van der Waals surface area contributed by atoms with E-state index in [4.69, 9.17) is 23.2 Å². The van der Waals surface area contributed by atoms with Crippen LogP contribution in [0.3, 0.4) is 0 Å². The van der Waals surface area contributed by atoms with E-state index in [2.05, 4.69) is 16.0 Å². The van der Waals surface area contributed by atoms with Crippen LogP contribution in [0.1, 0.15) is 36.9 Å². The summed E-state index contributed by atoms with van der Waals surface area (Å²) in [6.07, 6.45) is 1.93. The Morgan fingerprint density at radius 1 is 1.11 bits per heavy atom. The first-order valence-corrected chi connectivity index (χ1v) is 9.57. The maximum Gasteiger partial charge on any atom is 0.315 e. The van der Waals surface area contributed by atoms with Crippen molar-refractivity contribution in [3.8, 4) is 0 Å². The number of anilines is 1. The lowest BCUT2D eigenvalue weighted by atomic mass is 10.1. The summed E-state index contributed by atoms with van der Waals surface area (Å²) in [5.74, 6) is 0.216. The second kappa shape index (κ2) is 8.63. The van der Waals surface area contributed by atoms with Gasteiger partial charge in [-0.3, -0.25) is 4.79 Å². The molecule has 3 N–H and O–H groups in total. The molecule has 0 heterocycles. The van der Waals surface area contributed by atoms with Gasteiger partial charge in [-0.15, -0.1) is 0 Å². The molecule has 1 atom stereocenters. The Labute approximate surface area is 168 Å². The molecular weight excluding hydrogens is 385 g/mol. The predicted molar refractivity (Wildman–Crippen MR) is 108 cm³/mol. The number of nitrogens with one attached hydrogen (secondary N) is 3. The first-order valence-electron chi connectivity index (χ1n) is 8.81. The third-order valence-electron chi connectivity index (χ3n) is 4.39. The normalized spacial score (nSPS) is 14.3. The Balaban J connectivity index is 1.51. The molecule has 1 aliphatic rings. The smallest absolute Gasteiger partial charge is 0.315 e. The van der Waals surface area contributed by atoms with Gasteiger partial charge in [-0.05, 0) is 55.2 Å². The van der Waals surface area contributed by atoms with Gasteiger partial charge in [0.25, 0.3) is 0 Å². The standard InChI is InChI=1S/C20H21Cl2N3O2/c1-12(15-7-8-17(21)18(22)10-15)24-20(27)23-11-13-3-2-4-16(9-13)25-19(26)14-5-6-14/h2-4,7-10,12,14H,5-6,11H2,1H3,(H,25,26)(H2,23,24,27)/t12-/m0/s1. The van der Waals surface area contributed by atoms with Crippen LogP contribution in [0.5, 0.6) is 0 Å². The first kappa shape index (κ1) is 19.5. The molecule has 0 aliphatic heterocycles. The van der Waals surface area contributed by atoms with E-state index in [0.717, 1.165) is 29.7 Å². The molecule has 0 spiro atoms. The summed E-state index contributed by atoms with van der Waals surface area (Å²) in [4.78, 5) is 24.0. The zero-order chi connectivity index (χ0) is 19.4. The van der Waals surface area contributed by atoms with Gasteiger partial charge in [0.2, 0.25) is 5.91 Å². The van der Waals surface area contributed by atoms with Crippen LogP contribution in [0.2, 0.25) is 10.0 Å². The van der Waals surface area contributed by atoms with E-state index in [1.165, 1.54) is 0 Å². The quantitative estimate of drug-likeness (QED) is 0.639. The molecule has 2 aromatic rings. The van der Waals surface area contributed by atoms with Crippen molar-refractivity contribution in [2.75, 3.05) is 5.32 Å². The molecule has 2 aromatic carbocycles. The second-order valence-corrected chi connectivity index (χ2v) is 7.50. The number of urea groups is 1. The summed E-state index contributed by atoms with van der Waals surface area (Å²) >= 11 is 11.9. The van der Waals surface area contributed by atoms with Crippen molar-refractivity contribution < 1.29 is 9.59 Å². The van der Waals surface area contributed by atoms with Crippen LogP contribution in [0.25, 0.3) is 0 Å². The van der Waals surface area contributed by atoms with Gasteiger partial charge < -0.3 is 16.0 Å². The fourth-order valence-corrected chi connectivity index (χ4v) is 2.95.